The standard InChI is InChI=1S/C18H32BNO6/c1-7-24-15(21)14-13(11-12(2)20(14)16(22)23)9-8-10-19-25-17(3,4)18(5,6)26-19/h12-14H,7-11H2,1-6H3,(H,22,23). The number of esters is 1. The lowest BCUT2D eigenvalue weighted by Crippen LogP contribution is -2.46. The highest BCUT2D eigenvalue weighted by Crippen LogP contribution is 2.39. The maximum Gasteiger partial charge on any atom is 0.457 e. The van der Waals surface area contributed by atoms with Crippen LogP contribution in [0.15, 0.2) is 0 Å². The fraction of sp³-hybridized carbons (Fsp3) is 0.889. The summed E-state index contributed by atoms with van der Waals surface area (Å²) in [5, 5.41) is 9.48. The van der Waals surface area contributed by atoms with Crippen LogP contribution in [0.5, 0.6) is 0 Å². The van der Waals surface area contributed by atoms with E-state index in [-0.39, 0.29) is 36.9 Å². The fourth-order valence-electron chi connectivity index (χ4n) is 3.93. The van der Waals surface area contributed by atoms with Crippen molar-refractivity contribution in [3.63, 3.8) is 0 Å². The van der Waals surface area contributed by atoms with Crippen molar-refractivity contribution in [1.29, 1.82) is 0 Å². The third kappa shape index (κ3) is 4.17. The summed E-state index contributed by atoms with van der Waals surface area (Å²) in [5.74, 6) is -0.484. The van der Waals surface area contributed by atoms with Gasteiger partial charge in [-0.1, -0.05) is 6.42 Å². The summed E-state index contributed by atoms with van der Waals surface area (Å²) in [7, 11) is -0.268. The van der Waals surface area contributed by atoms with Gasteiger partial charge in [-0.05, 0) is 66.6 Å². The summed E-state index contributed by atoms with van der Waals surface area (Å²) >= 11 is 0. The highest BCUT2D eigenvalue weighted by Gasteiger charge is 2.51. The van der Waals surface area contributed by atoms with Crippen LogP contribution in [0.2, 0.25) is 6.32 Å². The molecular formula is C18H32BNO6. The van der Waals surface area contributed by atoms with Crippen LogP contribution >= 0.6 is 0 Å². The minimum atomic E-state index is -1.07. The summed E-state index contributed by atoms with van der Waals surface area (Å²) in [6.07, 6.45) is 1.86. The van der Waals surface area contributed by atoms with Gasteiger partial charge < -0.3 is 19.2 Å². The predicted octanol–water partition coefficient (Wildman–Crippen LogP) is 3.18. The van der Waals surface area contributed by atoms with Gasteiger partial charge in [0.15, 0.2) is 0 Å². The molecule has 2 saturated heterocycles. The second-order valence-corrected chi connectivity index (χ2v) is 8.35. The monoisotopic (exact) mass is 369 g/mol. The molecule has 0 aliphatic carbocycles. The minimum Gasteiger partial charge on any atom is -0.465 e. The van der Waals surface area contributed by atoms with Crippen molar-refractivity contribution < 1.29 is 28.7 Å². The third-order valence-corrected chi connectivity index (χ3v) is 5.93. The van der Waals surface area contributed by atoms with Crippen molar-refractivity contribution >= 4 is 19.2 Å². The Bertz CT molecular complexity index is 522. The molecule has 3 atom stereocenters. The summed E-state index contributed by atoms with van der Waals surface area (Å²) in [5.41, 5.74) is -0.708. The van der Waals surface area contributed by atoms with Crippen molar-refractivity contribution in [2.24, 2.45) is 5.92 Å². The largest absolute Gasteiger partial charge is 0.465 e. The topological polar surface area (TPSA) is 85.3 Å². The number of carbonyl (C=O) groups excluding carboxylic acids is 1. The predicted molar refractivity (Wildman–Crippen MR) is 98.0 cm³/mol. The number of carboxylic acid groups (broad SMARTS) is 1. The van der Waals surface area contributed by atoms with Gasteiger partial charge in [-0.3, -0.25) is 4.90 Å². The number of hydrogen-bond donors (Lipinski definition) is 1. The second kappa shape index (κ2) is 7.76. The van der Waals surface area contributed by atoms with E-state index in [0.29, 0.717) is 6.42 Å². The van der Waals surface area contributed by atoms with Crippen LogP contribution in [0.4, 0.5) is 4.79 Å². The van der Waals surface area contributed by atoms with E-state index in [4.69, 9.17) is 14.0 Å². The lowest BCUT2D eigenvalue weighted by molar-refractivity contribution is -0.149. The molecule has 0 bridgehead atoms. The lowest BCUT2D eigenvalue weighted by atomic mass is 9.80. The van der Waals surface area contributed by atoms with Crippen LogP contribution in [-0.4, -0.2) is 59.1 Å². The molecule has 2 aliphatic heterocycles. The van der Waals surface area contributed by atoms with Crippen LogP contribution in [0.3, 0.4) is 0 Å². The number of amides is 1. The zero-order valence-electron chi connectivity index (χ0n) is 16.8. The average Bonchev–Trinajstić information content (AvgIpc) is 2.92. The van der Waals surface area contributed by atoms with Gasteiger partial charge in [0.2, 0.25) is 0 Å². The van der Waals surface area contributed by atoms with Crippen molar-refractivity contribution in [2.75, 3.05) is 6.61 Å². The molecular weight excluding hydrogens is 337 g/mol. The maximum absolute atomic E-state index is 12.3. The first kappa shape index (κ1) is 21.0. The van der Waals surface area contributed by atoms with Gasteiger partial charge in [0.1, 0.15) is 6.04 Å². The highest BCUT2D eigenvalue weighted by atomic mass is 16.7. The summed E-state index contributed by atoms with van der Waals surface area (Å²) in [4.78, 5) is 25.2. The molecule has 1 amide bonds. The van der Waals surface area contributed by atoms with Gasteiger partial charge in [0, 0.05) is 6.04 Å². The Labute approximate surface area is 156 Å². The molecule has 2 rings (SSSR count). The van der Waals surface area contributed by atoms with Crippen molar-refractivity contribution in [3.05, 3.63) is 0 Å². The number of nitrogens with zero attached hydrogens (tertiary/aromatic N) is 1. The molecule has 0 aromatic heterocycles. The SMILES string of the molecule is CCOC(=O)C1C(CCCB2OC(C)(C)C(C)(C)O2)CC(C)N1C(=O)O. The van der Waals surface area contributed by atoms with Crippen LogP contribution in [0.25, 0.3) is 0 Å². The van der Waals surface area contributed by atoms with E-state index in [1.54, 1.807) is 6.92 Å². The van der Waals surface area contributed by atoms with Gasteiger partial charge in [-0.25, -0.2) is 9.59 Å². The van der Waals surface area contributed by atoms with Gasteiger partial charge >= 0.3 is 19.2 Å². The number of likely N-dealkylation sites (tertiary alicyclic amines) is 1. The number of carbonyl (C=O) groups is 2. The maximum atomic E-state index is 12.3. The molecule has 0 aromatic carbocycles. The van der Waals surface area contributed by atoms with Crippen LogP contribution in [-0.2, 0) is 18.8 Å². The molecule has 0 saturated carbocycles. The molecule has 2 fully saturated rings. The van der Waals surface area contributed by atoms with Crippen molar-refractivity contribution in [3.8, 4) is 0 Å². The molecule has 26 heavy (non-hydrogen) atoms. The fourth-order valence-corrected chi connectivity index (χ4v) is 3.93. The molecule has 2 aliphatic rings. The van der Waals surface area contributed by atoms with Crippen LogP contribution in [0, 0.1) is 5.92 Å². The lowest BCUT2D eigenvalue weighted by Gasteiger charge is -2.32. The van der Waals surface area contributed by atoms with Crippen molar-refractivity contribution in [1.82, 2.24) is 4.90 Å². The smallest absolute Gasteiger partial charge is 0.457 e. The molecule has 8 heteroatoms. The van der Waals surface area contributed by atoms with E-state index < -0.39 is 18.1 Å². The summed E-state index contributed by atoms with van der Waals surface area (Å²) in [6.45, 7) is 11.9. The summed E-state index contributed by atoms with van der Waals surface area (Å²) in [6, 6.07) is -0.912. The highest BCUT2D eigenvalue weighted by molar-refractivity contribution is 6.45. The van der Waals surface area contributed by atoms with E-state index in [1.807, 2.05) is 34.6 Å². The zero-order valence-corrected chi connectivity index (χ0v) is 16.8. The Kier molecular flexibility index (Phi) is 6.28. The molecule has 3 unspecified atom stereocenters. The van der Waals surface area contributed by atoms with Crippen LogP contribution < -0.4 is 0 Å². The normalized spacial score (nSPS) is 29.8. The first-order valence-corrected chi connectivity index (χ1v) is 9.53. The van der Waals surface area contributed by atoms with E-state index in [2.05, 4.69) is 0 Å². The molecule has 7 nitrogen and oxygen atoms in total. The van der Waals surface area contributed by atoms with Gasteiger partial charge in [0.05, 0.1) is 17.8 Å². The number of rotatable bonds is 6. The van der Waals surface area contributed by atoms with Gasteiger partial charge in [-0.15, -0.1) is 0 Å². The number of ether oxygens (including phenoxy) is 1. The molecule has 1 N–H and O–H groups in total. The second-order valence-electron chi connectivity index (χ2n) is 8.35. The first-order chi connectivity index (χ1) is 12.0. The first-order valence-electron chi connectivity index (χ1n) is 9.53. The summed E-state index contributed by atoms with van der Waals surface area (Å²) < 4.78 is 17.1. The molecule has 0 radical (unpaired) electrons. The Morgan fingerprint density at radius 3 is 2.31 bits per heavy atom. The van der Waals surface area contributed by atoms with Gasteiger partial charge in [0.25, 0.3) is 0 Å². The van der Waals surface area contributed by atoms with Crippen LogP contribution in [0.1, 0.15) is 60.8 Å². The third-order valence-electron chi connectivity index (χ3n) is 5.93. The zero-order chi connectivity index (χ0) is 19.7. The van der Waals surface area contributed by atoms with E-state index in [1.165, 1.54) is 4.90 Å². The van der Waals surface area contributed by atoms with Gasteiger partial charge in [-0.2, -0.15) is 0 Å². The van der Waals surface area contributed by atoms with E-state index in [0.717, 1.165) is 19.2 Å². The molecule has 2 heterocycles. The quantitative estimate of drug-likeness (QED) is 0.572. The Morgan fingerprint density at radius 1 is 1.23 bits per heavy atom. The Balaban J connectivity index is 1.95. The molecule has 0 spiro atoms. The van der Waals surface area contributed by atoms with E-state index in [9.17, 15) is 14.7 Å². The minimum absolute atomic E-state index is 0.0393. The Hall–Kier alpha value is -1.28. The van der Waals surface area contributed by atoms with E-state index >= 15 is 0 Å². The van der Waals surface area contributed by atoms with Crippen molar-refractivity contribution in [2.45, 2.75) is 90.4 Å². The number of hydrogen-bond acceptors (Lipinski definition) is 5. The molecule has 148 valence electrons. The average molecular weight is 369 g/mol. The Morgan fingerprint density at radius 2 is 1.81 bits per heavy atom. The molecule has 0 aromatic rings.